The molecule has 0 radical (unpaired) electrons. The van der Waals surface area contributed by atoms with E-state index in [2.05, 4.69) is 10.3 Å². The first-order valence-corrected chi connectivity index (χ1v) is 9.33. The molecular formula is C18H24ClN3O2S. The summed E-state index contributed by atoms with van der Waals surface area (Å²) in [5.41, 5.74) is 2.17. The maximum atomic E-state index is 12.0. The second kappa shape index (κ2) is 9.87. The maximum absolute atomic E-state index is 12.0. The molecule has 0 aliphatic heterocycles. The summed E-state index contributed by atoms with van der Waals surface area (Å²) in [5.74, 6) is 0.0766. The highest BCUT2D eigenvalue weighted by atomic mass is 35.5. The van der Waals surface area contributed by atoms with Crippen molar-refractivity contribution in [3.8, 4) is 0 Å². The van der Waals surface area contributed by atoms with Gasteiger partial charge in [0.2, 0.25) is 5.91 Å². The smallest absolute Gasteiger partial charge is 0.236 e. The van der Waals surface area contributed by atoms with Crippen LogP contribution < -0.4 is 0 Å². The van der Waals surface area contributed by atoms with Crippen molar-refractivity contribution in [1.82, 2.24) is 14.8 Å². The average Bonchev–Trinajstić information content (AvgIpc) is 3.01. The molecule has 0 unspecified atom stereocenters. The molecule has 25 heavy (non-hydrogen) atoms. The number of benzene rings is 1. The molecule has 1 aromatic carbocycles. The van der Waals surface area contributed by atoms with E-state index >= 15 is 0 Å². The molecule has 0 atom stereocenters. The number of ether oxygens (including phenoxy) is 1. The van der Waals surface area contributed by atoms with Gasteiger partial charge < -0.3 is 9.64 Å². The number of carbonyl (C=O) groups excluding carboxylic acids is 1. The summed E-state index contributed by atoms with van der Waals surface area (Å²) in [7, 11) is 5.20. The highest BCUT2D eigenvalue weighted by molar-refractivity contribution is 7.09. The van der Waals surface area contributed by atoms with Crippen molar-refractivity contribution in [3.05, 3.63) is 50.9 Å². The second-order valence-electron chi connectivity index (χ2n) is 6.03. The van der Waals surface area contributed by atoms with E-state index in [4.69, 9.17) is 21.3 Å². The Balaban J connectivity index is 1.97. The molecule has 0 saturated carbocycles. The molecule has 136 valence electrons. The minimum atomic E-state index is 0.0766. The summed E-state index contributed by atoms with van der Waals surface area (Å²) in [6, 6.07) is 7.82. The van der Waals surface area contributed by atoms with E-state index in [1.54, 1.807) is 37.4 Å². The number of methoxy groups -OCH3 is 1. The lowest BCUT2D eigenvalue weighted by Gasteiger charge is -2.22. The molecule has 7 heteroatoms. The molecule has 0 fully saturated rings. The topological polar surface area (TPSA) is 45.7 Å². The Morgan fingerprint density at radius 2 is 2.00 bits per heavy atom. The molecule has 0 aliphatic carbocycles. The molecule has 0 saturated heterocycles. The van der Waals surface area contributed by atoms with Gasteiger partial charge in [0.05, 0.1) is 23.9 Å². The third-order valence-electron chi connectivity index (χ3n) is 3.72. The molecule has 1 heterocycles. The number of thiazole rings is 1. The van der Waals surface area contributed by atoms with Gasteiger partial charge in [-0.3, -0.25) is 9.69 Å². The van der Waals surface area contributed by atoms with Crippen LogP contribution >= 0.6 is 22.9 Å². The Labute approximate surface area is 158 Å². The molecule has 1 amide bonds. The van der Waals surface area contributed by atoms with Gasteiger partial charge in [0.25, 0.3) is 0 Å². The average molecular weight is 382 g/mol. The zero-order chi connectivity index (χ0) is 18.2. The SMILES string of the molecule is COCCN(CC(=O)N(C)C)Cc1csc(Cc2ccc(Cl)cc2)n1. The summed E-state index contributed by atoms with van der Waals surface area (Å²) in [5, 5.41) is 3.86. The number of aromatic nitrogens is 1. The van der Waals surface area contributed by atoms with Gasteiger partial charge >= 0.3 is 0 Å². The van der Waals surface area contributed by atoms with E-state index in [1.165, 1.54) is 5.56 Å². The monoisotopic (exact) mass is 381 g/mol. The van der Waals surface area contributed by atoms with Crippen molar-refractivity contribution in [2.45, 2.75) is 13.0 Å². The fraction of sp³-hybridized carbons (Fsp3) is 0.444. The molecular weight excluding hydrogens is 358 g/mol. The highest BCUT2D eigenvalue weighted by Gasteiger charge is 2.14. The van der Waals surface area contributed by atoms with Crippen LogP contribution in [0, 0.1) is 0 Å². The molecule has 2 aromatic rings. The fourth-order valence-corrected chi connectivity index (χ4v) is 3.22. The Bertz CT molecular complexity index is 673. The predicted octanol–water partition coefficient (Wildman–Crippen LogP) is 2.92. The highest BCUT2D eigenvalue weighted by Crippen LogP contribution is 2.18. The van der Waals surface area contributed by atoms with Gasteiger partial charge in [0.1, 0.15) is 0 Å². The number of rotatable bonds is 9. The lowest BCUT2D eigenvalue weighted by Crippen LogP contribution is -2.38. The van der Waals surface area contributed by atoms with Gasteiger partial charge in [0, 0.05) is 51.1 Å². The molecule has 2 rings (SSSR count). The quantitative estimate of drug-likeness (QED) is 0.670. The lowest BCUT2D eigenvalue weighted by molar-refractivity contribution is -0.130. The van der Waals surface area contributed by atoms with Gasteiger partial charge in [-0.1, -0.05) is 23.7 Å². The number of carbonyl (C=O) groups is 1. The predicted molar refractivity (Wildman–Crippen MR) is 102 cm³/mol. The van der Waals surface area contributed by atoms with Crippen molar-refractivity contribution >= 4 is 28.8 Å². The molecule has 0 N–H and O–H groups in total. The summed E-state index contributed by atoms with van der Waals surface area (Å²) < 4.78 is 5.15. The van der Waals surface area contributed by atoms with E-state index in [0.29, 0.717) is 26.2 Å². The summed E-state index contributed by atoms with van der Waals surface area (Å²) >= 11 is 7.56. The first kappa shape index (κ1) is 19.8. The Morgan fingerprint density at radius 3 is 2.64 bits per heavy atom. The molecule has 5 nitrogen and oxygen atoms in total. The number of hydrogen-bond donors (Lipinski definition) is 0. The van der Waals surface area contributed by atoms with Crippen molar-refractivity contribution in [2.24, 2.45) is 0 Å². The van der Waals surface area contributed by atoms with Crippen LogP contribution in [0.15, 0.2) is 29.6 Å². The molecule has 0 bridgehead atoms. The van der Waals surface area contributed by atoms with Gasteiger partial charge in [-0.2, -0.15) is 0 Å². The van der Waals surface area contributed by atoms with E-state index in [-0.39, 0.29) is 5.91 Å². The van der Waals surface area contributed by atoms with Crippen LogP contribution in [-0.2, 0) is 22.5 Å². The van der Waals surface area contributed by atoms with Crippen LogP contribution in [0.25, 0.3) is 0 Å². The first-order chi connectivity index (χ1) is 12.0. The minimum Gasteiger partial charge on any atom is -0.383 e. The molecule has 0 aliphatic rings. The Hall–Kier alpha value is -1.47. The van der Waals surface area contributed by atoms with Crippen molar-refractivity contribution < 1.29 is 9.53 Å². The van der Waals surface area contributed by atoms with E-state index in [1.807, 2.05) is 24.3 Å². The third kappa shape index (κ3) is 6.74. The van der Waals surface area contributed by atoms with Gasteiger partial charge in [-0.15, -0.1) is 11.3 Å². The van der Waals surface area contributed by atoms with Crippen molar-refractivity contribution in [3.63, 3.8) is 0 Å². The van der Waals surface area contributed by atoms with Crippen LogP contribution in [0.1, 0.15) is 16.3 Å². The van der Waals surface area contributed by atoms with Crippen molar-refractivity contribution in [1.29, 1.82) is 0 Å². The van der Waals surface area contributed by atoms with E-state index in [9.17, 15) is 4.79 Å². The first-order valence-electron chi connectivity index (χ1n) is 8.07. The van der Waals surface area contributed by atoms with E-state index in [0.717, 1.165) is 22.1 Å². The van der Waals surface area contributed by atoms with Crippen LogP contribution in [-0.4, -0.2) is 61.6 Å². The maximum Gasteiger partial charge on any atom is 0.236 e. The number of likely N-dealkylation sites (N-methyl/N-ethyl adjacent to an activating group) is 1. The number of halogens is 1. The largest absolute Gasteiger partial charge is 0.383 e. The fourth-order valence-electron chi connectivity index (χ4n) is 2.28. The molecule has 1 aromatic heterocycles. The minimum absolute atomic E-state index is 0.0766. The standard InChI is InChI=1S/C18H24ClN3O2S/c1-21(2)18(23)12-22(8-9-24-3)11-16-13-25-17(20-16)10-14-4-6-15(19)7-5-14/h4-7,13H,8-12H2,1-3H3. The summed E-state index contributed by atoms with van der Waals surface area (Å²) in [6.07, 6.45) is 0.788. The zero-order valence-electron chi connectivity index (χ0n) is 14.9. The van der Waals surface area contributed by atoms with Crippen molar-refractivity contribution in [2.75, 3.05) is 40.9 Å². The van der Waals surface area contributed by atoms with Gasteiger partial charge in [-0.05, 0) is 17.7 Å². The van der Waals surface area contributed by atoms with Crippen LogP contribution in [0.2, 0.25) is 5.02 Å². The second-order valence-corrected chi connectivity index (χ2v) is 7.41. The van der Waals surface area contributed by atoms with Crippen LogP contribution in [0.5, 0.6) is 0 Å². The Morgan fingerprint density at radius 1 is 1.28 bits per heavy atom. The Kier molecular flexibility index (Phi) is 7.84. The normalized spacial score (nSPS) is 11.1. The van der Waals surface area contributed by atoms with Gasteiger partial charge in [-0.25, -0.2) is 4.98 Å². The zero-order valence-corrected chi connectivity index (χ0v) is 16.4. The van der Waals surface area contributed by atoms with Crippen LogP contribution in [0.4, 0.5) is 0 Å². The van der Waals surface area contributed by atoms with Gasteiger partial charge in [0.15, 0.2) is 0 Å². The lowest BCUT2D eigenvalue weighted by atomic mass is 10.2. The number of amides is 1. The summed E-state index contributed by atoms with van der Waals surface area (Å²) in [4.78, 5) is 20.4. The van der Waals surface area contributed by atoms with Crippen LogP contribution in [0.3, 0.4) is 0 Å². The third-order valence-corrected chi connectivity index (χ3v) is 4.87. The number of hydrogen-bond acceptors (Lipinski definition) is 5. The summed E-state index contributed by atoms with van der Waals surface area (Å²) in [6.45, 7) is 2.28. The molecule has 0 spiro atoms. The van der Waals surface area contributed by atoms with E-state index < -0.39 is 0 Å². The number of nitrogens with zero attached hydrogens (tertiary/aromatic N) is 3.